The molecule has 3 atom stereocenters. The van der Waals surface area contributed by atoms with Gasteiger partial charge in [-0.05, 0) is 31.0 Å². The molecule has 1 fully saturated rings. The summed E-state index contributed by atoms with van der Waals surface area (Å²) in [7, 11) is 0. The number of benzene rings is 1. The summed E-state index contributed by atoms with van der Waals surface area (Å²) in [4.78, 5) is 2.33. The van der Waals surface area contributed by atoms with Crippen LogP contribution in [0.2, 0.25) is 5.02 Å². The van der Waals surface area contributed by atoms with Crippen molar-refractivity contribution in [1.82, 2.24) is 4.90 Å². The molecule has 0 bridgehead atoms. The van der Waals surface area contributed by atoms with Gasteiger partial charge in [-0.3, -0.25) is 4.90 Å². The second kappa shape index (κ2) is 6.85. The summed E-state index contributed by atoms with van der Waals surface area (Å²) in [6, 6.07) is 5.26. The maximum atomic E-state index is 13.7. The number of ether oxygens (including phenoxy) is 1. The van der Waals surface area contributed by atoms with Gasteiger partial charge in [0.1, 0.15) is 5.82 Å². The van der Waals surface area contributed by atoms with Crippen LogP contribution < -0.4 is 5.73 Å². The predicted octanol–water partition coefficient (Wildman–Crippen LogP) is 2.98. The third-order valence-corrected chi connectivity index (χ3v) is 4.24. The lowest BCUT2D eigenvalue weighted by atomic mass is 10.0. The number of hydrogen-bond acceptors (Lipinski definition) is 3. The smallest absolute Gasteiger partial charge is 0.142 e. The number of rotatable bonds is 4. The molecule has 0 spiro atoms. The predicted molar refractivity (Wildman–Crippen MR) is 79.4 cm³/mol. The average Bonchev–Trinajstić information content (AvgIpc) is 2.44. The van der Waals surface area contributed by atoms with Crippen LogP contribution in [0.15, 0.2) is 18.2 Å². The van der Waals surface area contributed by atoms with Crippen LogP contribution in [0.5, 0.6) is 0 Å². The first-order chi connectivity index (χ1) is 9.56. The van der Waals surface area contributed by atoms with E-state index in [4.69, 9.17) is 22.1 Å². The Morgan fingerprint density at radius 3 is 2.90 bits per heavy atom. The molecule has 0 radical (unpaired) electrons. The van der Waals surface area contributed by atoms with Crippen molar-refractivity contribution in [2.75, 3.05) is 19.7 Å². The fourth-order valence-corrected chi connectivity index (χ4v) is 2.90. The van der Waals surface area contributed by atoms with E-state index in [1.54, 1.807) is 6.07 Å². The van der Waals surface area contributed by atoms with Crippen molar-refractivity contribution in [2.45, 2.75) is 38.5 Å². The second-order valence-corrected chi connectivity index (χ2v) is 5.74. The number of nitrogens with two attached hydrogens (primary N) is 1. The molecule has 1 heterocycles. The van der Waals surface area contributed by atoms with Gasteiger partial charge in [0.25, 0.3) is 0 Å². The van der Waals surface area contributed by atoms with E-state index in [2.05, 4.69) is 18.7 Å². The Hall–Kier alpha value is -0.680. The van der Waals surface area contributed by atoms with Gasteiger partial charge in [0.05, 0.1) is 17.7 Å². The van der Waals surface area contributed by atoms with E-state index in [9.17, 15) is 4.39 Å². The molecule has 1 saturated heterocycles. The highest BCUT2D eigenvalue weighted by atomic mass is 35.5. The molecule has 112 valence electrons. The number of nitrogens with zero attached hydrogens (tertiary/aromatic N) is 1. The van der Waals surface area contributed by atoms with Gasteiger partial charge in [-0.15, -0.1) is 0 Å². The lowest BCUT2D eigenvalue weighted by Gasteiger charge is -2.43. The van der Waals surface area contributed by atoms with Crippen molar-refractivity contribution in [3.8, 4) is 0 Å². The summed E-state index contributed by atoms with van der Waals surface area (Å²) in [5, 5.41) is 0.145. The van der Waals surface area contributed by atoms with E-state index >= 15 is 0 Å². The van der Waals surface area contributed by atoms with Crippen molar-refractivity contribution >= 4 is 11.6 Å². The van der Waals surface area contributed by atoms with E-state index in [1.807, 2.05) is 6.07 Å². The van der Waals surface area contributed by atoms with Gasteiger partial charge < -0.3 is 10.5 Å². The zero-order valence-electron chi connectivity index (χ0n) is 12.0. The van der Waals surface area contributed by atoms with E-state index in [0.29, 0.717) is 19.2 Å². The van der Waals surface area contributed by atoms with Gasteiger partial charge in [-0.25, -0.2) is 4.39 Å². The fraction of sp³-hybridized carbons (Fsp3) is 0.600. The SMILES string of the molecule is CCC1COC(C)CN1C(CN)c1ccc(Cl)c(F)c1. The summed E-state index contributed by atoms with van der Waals surface area (Å²) >= 11 is 5.75. The minimum Gasteiger partial charge on any atom is -0.376 e. The van der Waals surface area contributed by atoms with Gasteiger partial charge in [0, 0.05) is 25.2 Å². The van der Waals surface area contributed by atoms with Crippen LogP contribution >= 0.6 is 11.6 Å². The zero-order valence-corrected chi connectivity index (χ0v) is 12.7. The minimum atomic E-state index is -0.392. The summed E-state index contributed by atoms with van der Waals surface area (Å²) in [6.07, 6.45) is 1.16. The molecule has 3 unspecified atom stereocenters. The van der Waals surface area contributed by atoms with Gasteiger partial charge in [-0.1, -0.05) is 24.6 Å². The topological polar surface area (TPSA) is 38.5 Å². The Balaban J connectivity index is 2.26. The zero-order chi connectivity index (χ0) is 14.7. The molecule has 0 saturated carbocycles. The van der Waals surface area contributed by atoms with E-state index < -0.39 is 5.82 Å². The fourth-order valence-electron chi connectivity index (χ4n) is 2.79. The first-order valence-corrected chi connectivity index (χ1v) is 7.47. The van der Waals surface area contributed by atoms with E-state index in [-0.39, 0.29) is 17.2 Å². The van der Waals surface area contributed by atoms with E-state index in [1.165, 1.54) is 6.07 Å². The summed E-state index contributed by atoms with van der Waals surface area (Å²) in [5.41, 5.74) is 6.83. The van der Waals surface area contributed by atoms with Crippen LogP contribution in [-0.4, -0.2) is 36.7 Å². The average molecular weight is 301 g/mol. The maximum absolute atomic E-state index is 13.7. The van der Waals surface area contributed by atoms with Crippen LogP contribution in [0.4, 0.5) is 4.39 Å². The van der Waals surface area contributed by atoms with Crippen molar-refractivity contribution in [3.63, 3.8) is 0 Å². The monoisotopic (exact) mass is 300 g/mol. The third-order valence-electron chi connectivity index (χ3n) is 3.93. The Kier molecular flexibility index (Phi) is 5.38. The van der Waals surface area contributed by atoms with Crippen LogP contribution in [-0.2, 0) is 4.74 Å². The highest BCUT2D eigenvalue weighted by Crippen LogP contribution is 2.29. The van der Waals surface area contributed by atoms with Gasteiger partial charge >= 0.3 is 0 Å². The Morgan fingerprint density at radius 2 is 2.30 bits per heavy atom. The highest BCUT2D eigenvalue weighted by Gasteiger charge is 2.31. The number of morpholine rings is 1. The van der Waals surface area contributed by atoms with E-state index in [0.717, 1.165) is 18.5 Å². The molecular weight excluding hydrogens is 279 g/mol. The van der Waals surface area contributed by atoms with Crippen molar-refractivity contribution in [1.29, 1.82) is 0 Å². The van der Waals surface area contributed by atoms with Gasteiger partial charge in [0.2, 0.25) is 0 Å². The molecule has 0 aliphatic carbocycles. The lowest BCUT2D eigenvalue weighted by Crippen LogP contribution is -2.51. The highest BCUT2D eigenvalue weighted by molar-refractivity contribution is 6.30. The molecule has 1 aromatic rings. The lowest BCUT2D eigenvalue weighted by molar-refractivity contribution is -0.0719. The molecule has 0 amide bonds. The molecule has 3 nitrogen and oxygen atoms in total. The molecule has 1 aromatic carbocycles. The van der Waals surface area contributed by atoms with Crippen molar-refractivity contribution in [3.05, 3.63) is 34.6 Å². The summed E-state index contributed by atoms with van der Waals surface area (Å²) in [6.45, 7) is 6.14. The molecule has 2 rings (SSSR count). The summed E-state index contributed by atoms with van der Waals surface area (Å²) in [5.74, 6) is -0.392. The third kappa shape index (κ3) is 3.31. The first kappa shape index (κ1) is 15.7. The molecule has 2 N–H and O–H groups in total. The molecule has 1 aliphatic rings. The molecular formula is C15H22ClFN2O. The van der Waals surface area contributed by atoms with Gasteiger partial charge in [0.15, 0.2) is 0 Å². The van der Waals surface area contributed by atoms with Crippen molar-refractivity contribution < 1.29 is 9.13 Å². The Labute approximate surface area is 124 Å². The van der Waals surface area contributed by atoms with Crippen LogP contribution in [0.25, 0.3) is 0 Å². The molecule has 5 heteroatoms. The van der Waals surface area contributed by atoms with Crippen molar-refractivity contribution in [2.24, 2.45) is 5.73 Å². The van der Waals surface area contributed by atoms with Crippen LogP contribution in [0.1, 0.15) is 31.9 Å². The molecule has 1 aliphatic heterocycles. The minimum absolute atomic E-state index is 0.00179. The first-order valence-electron chi connectivity index (χ1n) is 7.09. The Bertz CT molecular complexity index is 457. The molecule has 0 aromatic heterocycles. The standard InChI is InChI=1S/C15H22ClFN2O/c1-3-12-9-20-10(2)8-19(12)15(7-18)11-4-5-13(16)14(17)6-11/h4-6,10,12,15H,3,7-9,18H2,1-2H3. The maximum Gasteiger partial charge on any atom is 0.142 e. The number of hydrogen-bond donors (Lipinski definition) is 1. The summed E-state index contributed by atoms with van der Waals surface area (Å²) < 4.78 is 19.4. The number of halogens is 2. The quantitative estimate of drug-likeness (QED) is 0.929. The second-order valence-electron chi connectivity index (χ2n) is 5.33. The largest absolute Gasteiger partial charge is 0.376 e. The van der Waals surface area contributed by atoms with Crippen LogP contribution in [0.3, 0.4) is 0 Å². The normalized spacial score (nSPS) is 25.6. The Morgan fingerprint density at radius 1 is 1.55 bits per heavy atom. The molecule has 20 heavy (non-hydrogen) atoms. The van der Waals surface area contributed by atoms with Crippen LogP contribution in [0, 0.1) is 5.82 Å². The van der Waals surface area contributed by atoms with Gasteiger partial charge in [-0.2, -0.15) is 0 Å².